The van der Waals surface area contributed by atoms with E-state index >= 15 is 0 Å². The Hall–Kier alpha value is -2.95. The largest absolute Gasteiger partial charge is 0.457 e. The molecular formula is C33H35NO7S2. The van der Waals surface area contributed by atoms with Crippen LogP contribution in [0.4, 0.5) is 0 Å². The Morgan fingerprint density at radius 2 is 1.95 bits per heavy atom. The van der Waals surface area contributed by atoms with E-state index in [1.54, 1.807) is 12.1 Å². The lowest BCUT2D eigenvalue weighted by Crippen LogP contribution is -2.63. The summed E-state index contributed by atoms with van der Waals surface area (Å²) in [7, 11) is -1.74. The molecule has 0 bridgehead atoms. The fourth-order valence-electron chi connectivity index (χ4n) is 9.21. The highest BCUT2D eigenvalue weighted by Gasteiger charge is 2.70. The number of aromatic nitrogens is 1. The molecule has 0 saturated heterocycles. The minimum Gasteiger partial charge on any atom is -0.457 e. The van der Waals surface area contributed by atoms with E-state index in [1.165, 1.54) is 23.7 Å². The summed E-state index contributed by atoms with van der Waals surface area (Å²) >= 11 is 1.29. The van der Waals surface area contributed by atoms with E-state index in [4.69, 9.17) is 9.15 Å². The molecule has 226 valence electrons. The van der Waals surface area contributed by atoms with Gasteiger partial charge >= 0.3 is 5.97 Å². The van der Waals surface area contributed by atoms with Crippen molar-refractivity contribution in [1.82, 2.24) is 4.98 Å². The molecule has 1 N–H and O–H groups in total. The summed E-state index contributed by atoms with van der Waals surface area (Å²) < 4.78 is 26.4. The smallest absolute Gasteiger partial charge is 0.375 e. The molecule has 0 radical (unpaired) electrons. The number of hydrogen-bond donors (Lipinski definition) is 1. The zero-order chi connectivity index (χ0) is 30.1. The van der Waals surface area contributed by atoms with E-state index in [2.05, 4.69) is 11.9 Å². The molecule has 0 aliphatic heterocycles. The number of allylic oxidation sites excluding steroid dienone is 1. The molecule has 2 heterocycles. The molecule has 5 unspecified atom stereocenters. The van der Waals surface area contributed by atoms with Crippen LogP contribution in [0.5, 0.6) is 0 Å². The average molecular weight is 622 g/mol. The van der Waals surface area contributed by atoms with Crippen molar-refractivity contribution in [2.75, 3.05) is 5.75 Å². The molecule has 7 rings (SSSR count). The van der Waals surface area contributed by atoms with Gasteiger partial charge in [-0.1, -0.05) is 31.6 Å². The molecule has 3 saturated carbocycles. The fourth-order valence-corrected chi connectivity index (χ4v) is 11.5. The Labute approximate surface area is 256 Å². The second-order valence-electron chi connectivity index (χ2n) is 13.2. The Balaban J connectivity index is 1.25. The molecule has 3 aromatic rings. The van der Waals surface area contributed by atoms with Crippen molar-refractivity contribution in [3.63, 3.8) is 0 Å². The van der Waals surface area contributed by atoms with Crippen molar-refractivity contribution in [2.24, 2.45) is 28.6 Å². The van der Waals surface area contributed by atoms with E-state index in [0.29, 0.717) is 23.6 Å². The van der Waals surface area contributed by atoms with Gasteiger partial charge in [-0.05, 0) is 92.0 Å². The Bertz CT molecular complexity index is 1640. The maximum absolute atomic E-state index is 14.5. The summed E-state index contributed by atoms with van der Waals surface area (Å²) in [5, 5.41) is 11.9. The van der Waals surface area contributed by atoms with Crippen molar-refractivity contribution >= 4 is 49.9 Å². The average Bonchev–Trinajstić information content (AvgIpc) is 3.72. The van der Waals surface area contributed by atoms with Crippen LogP contribution in [0.1, 0.15) is 69.3 Å². The van der Waals surface area contributed by atoms with Gasteiger partial charge in [-0.15, -0.1) is 11.3 Å². The number of Topliss-reactive ketones (excluding diaryl/α,β-unsaturated/α-hetero) is 1. The predicted molar refractivity (Wildman–Crippen MR) is 161 cm³/mol. The third-order valence-electron chi connectivity index (χ3n) is 11.2. The predicted octanol–water partition coefficient (Wildman–Crippen LogP) is 5.66. The molecular weight excluding hydrogens is 586 g/mol. The van der Waals surface area contributed by atoms with Crippen molar-refractivity contribution in [3.05, 3.63) is 60.1 Å². The number of nitrogens with zero attached hydrogens (tertiary/aromatic N) is 1. The molecule has 10 heteroatoms. The van der Waals surface area contributed by atoms with Gasteiger partial charge in [0, 0.05) is 11.8 Å². The van der Waals surface area contributed by atoms with Crippen LogP contribution in [0, 0.1) is 28.6 Å². The zero-order valence-electron chi connectivity index (χ0n) is 24.2. The lowest BCUT2D eigenvalue weighted by Gasteiger charge is -2.60. The number of ketones is 2. The number of carbonyl (C=O) groups excluding carboxylic acids is 3. The van der Waals surface area contributed by atoms with Gasteiger partial charge in [0.05, 0.1) is 39.1 Å². The van der Waals surface area contributed by atoms with Crippen LogP contribution >= 0.6 is 11.3 Å². The highest BCUT2D eigenvalue weighted by molar-refractivity contribution is 7.88. The van der Waals surface area contributed by atoms with E-state index in [9.17, 15) is 23.7 Å². The van der Waals surface area contributed by atoms with Crippen LogP contribution < -0.4 is 0 Å². The van der Waals surface area contributed by atoms with Gasteiger partial charge in [-0.25, -0.2) is 9.78 Å². The Kier molecular flexibility index (Phi) is 6.91. The first kappa shape index (κ1) is 28.8. The quantitative estimate of drug-likeness (QED) is 0.350. The molecule has 0 amide bonds. The lowest BCUT2D eigenvalue weighted by atomic mass is 9.45. The lowest BCUT2D eigenvalue weighted by molar-refractivity contribution is -0.180. The van der Waals surface area contributed by atoms with Crippen molar-refractivity contribution in [1.29, 1.82) is 0 Å². The number of fused-ring (bicyclic) bond motifs is 6. The second-order valence-corrected chi connectivity index (χ2v) is 15.8. The number of rotatable bonds is 6. The number of benzene rings is 1. The maximum Gasteiger partial charge on any atom is 0.375 e. The number of furan rings is 1. The van der Waals surface area contributed by atoms with Crippen molar-refractivity contribution < 1.29 is 32.9 Å². The summed E-state index contributed by atoms with van der Waals surface area (Å²) in [5.74, 6) is -1.31. The second kappa shape index (κ2) is 10.3. The summed E-state index contributed by atoms with van der Waals surface area (Å²) in [5.41, 5.74) is -0.901. The summed E-state index contributed by atoms with van der Waals surface area (Å²) in [6, 6.07) is 10.6. The zero-order valence-corrected chi connectivity index (χ0v) is 25.9. The SMILES string of the molecule is CC12CCC(=O)C=C1CCC1C2[C@@H](O)CC2(C)C1CC[C@]2(OC(=O)c1ccco1)C(=O)C[S@](=O)c1nc2ccccc2s1. The molecule has 8 atom stereocenters. The third kappa shape index (κ3) is 4.35. The van der Waals surface area contributed by atoms with Crippen LogP contribution in [-0.2, 0) is 25.1 Å². The van der Waals surface area contributed by atoms with E-state index in [-0.39, 0.29) is 53.3 Å². The van der Waals surface area contributed by atoms with Gasteiger partial charge in [-0.2, -0.15) is 0 Å². The first-order chi connectivity index (χ1) is 20.6. The van der Waals surface area contributed by atoms with Crippen molar-refractivity contribution in [3.8, 4) is 0 Å². The van der Waals surface area contributed by atoms with E-state index in [0.717, 1.165) is 28.6 Å². The van der Waals surface area contributed by atoms with Gasteiger partial charge in [0.1, 0.15) is 0 Å². The Morgan fingerprint density at radius 1 is 1.14 bits per heavy atom. The number of esters is 1. The molecule has 3 fully saturated rings. The van der Waals surface area contributed by atoms with Gasteiger partial charge in [0.2, 0.25) is 5.76 Å². The monoisotopic (exact) mass is 621 g/mol. The molecule has 43 heavy (non-hydrogen) atoms. The van der Waals surface area contributed by atoms with E-state index < -0.39 is 39.7 Å². The minimum atomic E-state index is -1.74. The van der Waals surface area contributed by atoms with Gasteiger partial charge in [0.25, 0.3) is 0 Å². The number of para-hydroxylation sites is 1. The highest BCUT2D eigenvalue weighted by Crippen LogP contribution is 2.68. The highest BCUT2D eigenvalue weighted by atomic mass is 32.2. The van der Waals surface area contributed by atoms with Crippen LogP contribution in [0.3, 0.4) is 0 Å². The van der Waals surface area contributed by atoms with Crippen molar-refractivity contribution in [2.45, 2.75) is 74.8 Å². The molecule has 1 aromatic carbocycles. The standard InChI is InChI=1S/C33H35NO7S2/c1-31-13-11-20(35)16-19(31)9-10-21-22-12-14-33(32(22,2)17-24(36)28(21)31,41-29(38)25-7-5-15-40-25)27(37)18-43(39)30-34-23-6-3-4-8-26(23)42-30/h3-8,15-16,21-22,24,28,36H,9-14,17-18H2,1-2H3/t21?,22?,24-,28?,31?,32?,33-,43-/m0/s1. The van der Waals surface area contributed by atoms with E-state index in [1.807, 2.05) is 31.2 Å². The first-order valence-electron chi connectivity index (χ1n) is 15.0. The summed E-state index contributed by atoms with van der Waals surface area (Å²) in [6.07, 6.45) is 6.36. The van der Waals surface area contributed by atoms with Gasteiger partial charge in [0.15, 0.2) is 21.5 Å². The summed E-state index contributed by atoms with van der Waals surface area (Å²) in [6.45, 7) is 4.15. The molecule has 8 nitrogen and oxygen atoms in total. The van der Waals surface area contributed by atoms with Crippen LogP contribution in [-0.4, -0.2) is 49.3 Å². The molecule has 4 aliphatic carbocycles. The number of ether oxygens (including phenoxy) is 1. The fraction of sp³-hybridized carbons (Fsp3) is 0.515. The number of aliphatic hydroxyl groups is 1. The van der Waals surface area contributed by atoms with Gasteiger partial charge in [-0.3, -0.25) is 13.8 Å². The van der Waals surface area contributed by atoms with Crippen LogP contribution in [0.2, 0.25) is 0 Å². The maximum atomic E-state index is 14.5. The number of thiazole rings is 1. The minimum absolute atomic E-state index is 0.00106. The topological polar surface area (TPSA) is 124 Å². The number of aliphatic hydroxyl groups excluding tert-OH is 1. The van der Waals surface area contributed by atoms with Crippen LogP contribution in [0.15, 0.2) is 63.1 Å². The normalized spacial score (nSPS) is 35.9. The third-order valence-corrected chi connectivity index (χ3v) is 13.8. The molecule has 2 aromatic heterocycles. The summed E-state index contributed by atoms with van der Waals surface area (Å²) in [4.78, 5) is 44.7. The number of carbonyl (C=O) groups is 3. The Morgan fingerprint density at radius 3 is 2.72 bits per heavy atom. The molecule has 0 spiro atoms. The molecule has 4 aliphatic rings. The van der Waals surface area contributed by atoms with Crippen LogP contribution in [0.25, 0.3) is 10.2 Å². The first-order valence-corrected chi connectivity index (χ1v) is 17.2. The van der Waals surface area contributed by atoms with Gasteiger partial charge < -0.3 is 14.3 Å². The number of hydrogen-bond acceptors (Lipinski definition) is 9.